The van der Waals surface area contributed by atoms with Gasteiger partial charge in [0.05, 0.1) is 0 Å². The lowest BCUT2D eigenvalue weighted by molar-refractivity contribution is 1.28. The van der Waals surface area contributed by atoms with E-state index in [1.807, 2.05) is 13.8 Å². The maximum atomic E-state index is 2.35. The lowest BCUT2D eigenvalue weighted by Gasteiger charge is -2.26. The van der Waals surface area contributed by atoms with Gasteiger partial charge in [-0.2, -0.15) is 0 Å². The predicted octanol–water partition coefficient (Wildman–Crippen LogP) is 16.2. The average Bonchev–Trinajstić information content (AvgIpc) is 3.31. The second kappa shape index (κ2) is 17.5. The highest BCUT2D eigenvalue weighted by atomic mass is 15.1. The molecule has 0 bridgehead atoms. The van der Waals surface area contributed by atoms with E-state index < -0.39 is 0 Å². The van der Waals surface area contributed by atoms with Crippen LogP contribution < -0.4 is 4.90 Å². The highest BCUT2D eigenvalue weighted by molar-refractivity contribution is 5.83. The molecule has 0 aliphatic rings. The van der Waals surface area contributed by atoms with Gasteiger partial charge in [0.15, 0.2) is 0 Å². The molecule has 0 aliphatic carbocycles. The van der Waals surface area contributed by atoms with Gasteiger partial charge in [-0.05, 0) is 121 Å². The van der Waals surface area contributed by atoms with E-state index in [-0.39, 0.29) is 0 Å². The van der Waals surface area contributed by atoms with Crippen LogP contribution >= 0.6 is 0 Å². The Morgan fingerprint density at radius 1 is 0.193 bits per heavy atom. The van der Waals surface area contributed by atoms with Crippen LogP contribution in [0.5, 0.6) is 0 Å². The summed E-state index contributed by atoms with van der Waals surface area (Å²) in [6, 6.07) is 84.9. The van der Waals surface area contributed by atoms with Crippen molar-refractivity contribution in [1.82, 2.24) is 0 Å². The Labute approximate surface area is 337 Å². The SMILES string of the molecule is CC.c1ccc(-c2cccc(-c3ccc(N(c4ccc(-c5cccc(-c6ccccc6)c5)cc4)c4ccc(-c5cccc(-c6ccccc6)c5)cc4)cc3)c2)cc1. The van der Waals surface area contributed by atoms with Gasteiger partial charge in [0, 0.05) is 17.1 Å². The fraction of sp³-hybridized carbons (Fsp3) is 0.0357. The van der Waals surface area contributed by atoms with Gasteiger partial charge in [0.1, 0.15) is 0 Å². The standard InChI is InChI=1S/C54H39N.C2H6/c1-4-13-40(14-5-1)46-19-10-22-49(37-46)43-25-31-52(32-26-43)55(53-33-27-44(28-34-53)50-23-11-20-47(38-50)41-15-6-2-7-16-41)54-35-29-45(30-36-54)51-24-12-21-48(39-51)42-17-8-3-9-18-42;1-2/h1-39H;1-2H3. The van der Waals surface area contributed by atoms with Crippen LogP contribution in [0.3, 0.4) is 0 Å². The van der Waals surface area contributed by atoms with Crippen molar-refractivity contribution in [3.8, 4) is 66.8 Å². The van der Waals surface area contributed by atoms with Crippen LogP contribution in [0.2, 0.25) is 0 Å². The van der Waals surface area contributed by atoms with Crippen LogP contribution in [-0.4, -0.2) is 0 Å². The van der Waals surface area contributed by atoms with Gasteiger partial charge < -0.3 is 4.90 Å². The third-order valence-corrected chi connectivity index (χ3v) is 10.3. The van der Waals surface area contributed by atoms with E-state index >= 15 is 0 Å². The van der Waals surface area contributed by atoms with Gasteiger partial charge in [-0.15, -0.1) is 0 Å². The topological polar surface area (TPSA) is 3.24 Å². The molecule has 0 amide bonds. The van der Waals surface area contributed by atoms with E-state index in [0.29, 0.717) is 0 Å². The Balaban J connectivity index is 0.00000224. The first-order valence-corrected chi connectivity index (χ1v) is 19.8. The summed E-state index contributed by atoms with van der Waals surface area (Å²) in [6.45, 7) is 4.00. The van der Waals surface area contributed by atoms with Crippen LogP contribution in [0.15, 0.2) is 237 Å². The fourth-order valence-electron chi connectivity index (χ4n) is 7.38. The lowest BCUT2D eigenvalue weighted by Crippen LogP contribution is -2.09. The van der Waals surface area contributed by atoms with E-state index in [4.69, 9.17) is 0 Å². The molecule has 0 aliphatic heterocycles. The summed E-state index contributed by atoms with van der Waals surface area (Å²) in [5.41, 5.74) is 17.7. The number of nitrogens with zero attached hydrogens (tertiary/aromatic N) is 1. The summed E-state index contributed by atoms with van der Waals surface area (Å²) in [6.07, 6.45) is 0. The molecule has 0 fully saturated rings. The van der Waals surface area contributed by atoms with Crippen molar-refractivity contribution in [2.45, 2.75) is 13.8 Å². The van der Waals surface area contributed by atoms with Crippen molar-refractivity contribution in [2.24, 2.45) is 0 Å². The van der Waals surface area contributed by atoms with Crippen molar-refractivity contribution in [3.05, 3.63) is 237 Å². The average molecular weight is 732 g/mol. The monoisotopic (exact) mass is 731 g/mol. The largest absolute Gasteiger partial charge is 0.311 e. The van der Waals surface area contributed by atoms with E-state index in [9.17, 15) is 0 Å². The van der Waals surface area contributed by atoms with Crippen molar-refractivity contribution in [2.75, 3.05) is 4.90 Å². The number of rotatable bonds is 9. The van der Waals surface area contributed by atoms with Crippen LogP contribution in [-0.2, 0) is 0 Å². The van der Waals surface area contributed by atoms with E-state index in [1.165, 1.54) is 66.8 Å². The molecule has 0 unspecified atom stereocenters. The molecule has 274 valence electrons. The van der Waals surface area contributed by atoms with Gasteiger partial charge in [-0.1, -0.05) is 196 Å². The molecule has 0 spiro atoms. The zero-order valence-corrected chi connectivity index (χ0v) is 32.5. The summed E-state index contributed by atoms with van der Waals surface area (Å²) in [4.78, 5) is 2.35. The van der Waals surface area contributed by atoms with Crippen LogP contribution in [0, 0.1) is 0 Å². The maximum Gasteiger partial charge on any atom is 0.0462 e. The minimum atomic E-state index is 1.10. The maximum absolute atomic E-state index is 2.35. The zero-order chi connectivity index (χ0) is 38.8. The van der Waals surface area contributed by atoms with Crippen molar-refractivity contribution in [3.63, 3.8) is 0 Å². The van der Waals surface area contributed by atoms with Gasteiger partial charge in [-0.3, -0.25) is 0 Å². The zero-order valence-electron chi connectivity index (χ0n) is 32.5. The number of anilines is 3. The Morgan fingerprint density at radius 2 is 0.386 bits per heavy atom. The molecule has 0 N–H and O–H groups in total. The number of hydrogen-bond acceptors (Lipinski definition) is 1. The molecule has 9 aromatic carbocycles. The Kier molecular flexibility index (Phi) is 11.3. The molecular formula is C56H45N. The first kappa shape index (κ1) is 36.7. The minimum Gasteiger partial charge on any atom is -0.311 e. The highest BCUT2D eigenvalue weighted by Gasteiger charge is 2.15. The van der Waals surface area contributed by atoms with Crippen molar-refractivity contribution in [1.29, 1.82) is 0 Å². The molecular weight excluding hydrogens is 687 g/mol. The van der Waals surface area contributed by atoms with Crippen LogP contribution in [0.1, 0.15) is 13.8 Å². The van der Waals surface area contributed by atoms with Crippen molar-refractivity contribution < 1.29 is 0 Å². The Morgan fingerprint density at radius 3 is 0.614 bits per heavy atom. The first-order chi connectivity index (χ1) is 28.2. The Bertz CT molecular complexity index is 2340. The number of benzene rings is 9. The van der Waals surface area contributed by atoms with Gasteiger partial charge >= 0.3 is 0 Å². The lowest BCUT2D eigenvalue weighted by atomic mass is 9.98. The molecule has 0 saturated carbocycles. The van der Waals surface area contributed by atoms with Crippen LogP contribution in [0.4, 0.5) is 17.1 Å². The van der Waals surface area contributed by atoms with E-state index in [2.05, 4.69) is 241 Å². The fourth-order valence-corrected chi connectivity index (χ4v) is 7.38. The molecule has 1 heteroatoms. The summed E-state index contributed by atoms with van der Waals surface area (Å²) >= 11 is 0. The van der Waals surface area contributed by atoms with Gasteiger partial charge in [0.25, 0.3) is 0 Å². The number of hydrogen-bond donors (Lipinski definition) is 0. The highest BCUT2D eigenvalue weighted by Crippen LogP contribution is 2.39. The smallest absolute Gasteiger partial charge is 0.0462 e. The van der Waals surface area contributed by atoms with Crippen molar-refractivity contribution >= 4 is 17.1 Å². The molecule has 9 aromatic rings. The summed E-state index contributed by atoms with van der Waals surface area (Å²) in [5.74, 6) is 0. The molecule has 1 nitrogen and oxygen atoms in total. The molecule has 0 radical (unpaired) electrons. The van der Waals surface area contributed by atoms with Gasteiger partial charge in [-0.25, -0.2) is 0 Å². The Hall–Kier alpha value is -7.22. The van der Waals surface area contributed by atoms with Crippen LogP contribution in [0.25, 0.3) is 66.8 Å². The third kappa shape index (κ3) is 8.39. The quantitative estimate of drug-likeness (QED) is 0.143. The van der Waals surface area contributed by atoms with Gasteiger partial charge in [0.2, 0.25) is 0 Å². The molecule has 0 atom stereocenters. The minimum absolute atomic E-state index is 1.10. The van der Waals surface area contributed by atoms with E-state index in [0.717, 1.165) is 17.1 Å². The summed E-state index contributed by atoms with van der Waals surface area (Å²) in [7, 11) is 0. The first-order valence-electron chi connectivity index (χ1n) is 19.8. The molecule has 0 saturated heterocycles. The normalized spacial score (nSPS) is 10.6. The molecule has 9 rings (SSSR count). The summed E-state index contributed by atoms with van der Waals surface area (Å²) in [5, 5.41) is 0. The third-order valence-electron chi connectivity index (χ3n) is 10.3. The second-order valence-electron chi connectivity index (χ2n) is 13.8. The summed E-state index contributed by atoms with van der Waals surface area (Å²) < 4.78 is 0. The van der Waals surface area contributed by atoms with E-state index in [1.54, 1.807) is 0 Å². The second-order valence-corrected chi connectivity index (χ2v) is 13.8. The molecule has 57 heavy (non-hydrogen) atoms. The predicted molar refractivity (Wildman–Crippen MR) is 245 cm³/mol. The molecule has 0 heterocycles. The molecule has 0 aromatic heterocycles.